The Kier molecular flexibility index (Phi) is 5.56. The van der Waals surface area contributed by atoms with Gasteiger partial charge in [0.2, 0.25) is 0 Å². The molecule has 0 aliphatic rings. The zero-order chi connectivity index (χ0) is 12.7. The Bertz CT molecular complexity index is 311. The number of benzene rings is 1. The number of alkyl halides is 2. The van der Waals surface area contributed by atoms with E-state index in [0.717, 1.165) is 19.3 Å². The van der Waals surface area contributed by atoms with Gasteiger partial charge in [-0.25, -0.2) is 0 Å². The summed E-state index contributed by atoms with van der Waals surface area (Å²) in [6.45, 7) is 3.77. The van der Waals surface area contributed by atoms with E-state index >= 15 is 0 Å². The van der Waals surface area contributed by atoms with E-state index in [2.05, 4.69) is 12.2 Å². The Morgan fingerprint density at radius 3 is 2.47 bits per heavy atom. The quantitative estimate of drug-likeness (QED) is 0.762. The molecule has 0 saturated carbocycles. The molecule has 0 fully saturated rings. The van der Waals surface area contributed by atoms with Crippen LogP contribution in [0.4, 0.5) is 8.78 Å². The Balaban J connectivity index is 2.45. The van der Waals surface area contributed by atoms with Gasteiger partial charge >= 0.3 is 0 Å². The first kappa shape index (κ1) is 14.1. The third-order valence-electron chi connectivity index (χ3n) is 2.86. The van der Waals surface area contributed by atoms with Crippen LogP contribution in [-0.2, 0) is 5.92 Å². The number of unbranched alkanes of at least 4 members (excludes halogenated alkanes) is 1. The number of hydrogen-bond acceptors (Lipinski definition) is 1. The smallest absolute Gasteiger partial charge is 0.285 e. The maximum absolute atomic E-state index is 13.8. The van der Waals surface area contributed by atoms with E-state index in [9.17, 15) is 8.78 Å². The fraction of sp³-hybridized carbons (Fsp3) is 0.571. The molecule has 1 unspecified atom stereocenters. The van der Waals surface area contributed by atoms with Gasteiger partial charge in [0.15, 0.2) is 0 Å². The molecule has 0 bridgehead atoms. The zero-order valence-corrected chi connectivity index (χ0v) is 10.5. The minimum absolute atomic E-state index is 0.0789. The maximum Gasteiger partial charge on any atom is 0.285 e. The van der Waals surface area contributed by atoms with E-state index in [1.54, 1.807) is 18.2 Å². The van der Waals surface area contributed by atoms with Gasteiger partial charge in [-0.2, -0.15) is 8.78 Å². The highest BCUT2D eigenvalue weighted by molar-refractivity contribution is 5.20. The minimum Gasteiger partial charge on any atom is -0.308 e. The normalized spacial score (nSPS) is 13.6. The van der Waals surface area contributed by atoms with E-state index < -0.39 is 5.92 Å². The topological polar surface area (TPSA) is 12.0 Å². The SMILES string of the molecule is CCCCC(C)NCC(F)(F)c1ccccc1. The van der Waals surface area contributed by atoms with Gasteiger partial charge in [-0.05, 0) is 13.3 Å². The van der Waals surface area contributed by atoms with Gasteiger partial charge < -0.3 is 5.32 Å². The van der Waals surface area contributed by atoms with Crippen molar-refractivity contribution in [3.8, 4) is 0 Å². The molecule has 1 rings (SSSR count). The number of halogens is 2. The maximum atomic E-state index is 13.8. The molecule has 1 nitrogen and oxygen atoms in total. The van der Waals surface area contributed by atoms with Crippen molar-refractivity contribution in [2.75, 3.05) is 6.54 Å². The molecule has 0 amide bonds. The van der Waals surface area contributed by atoms with Crippen molar-refractivity contribution in [2.45, 2.75) is 45.1 Å². The summed E-state index contributed by atoms with van der Waals surface area (Å²) in [5.74, 6) is -2.79. The molecule has 0 aromatic heterocycles. The summed E-state index contributed by atoms with van der Waals surface area (Å²) in [6, 6.07) is 8.12. The highest BCUT2D eigenvalue weighted by Gasteiger charge is 2.31. The predicted molar refractivity (Wildman–Crippen MR) is 67.3 cm³/mol. The summed E-state index contributed by atoms with van der Waals surface area (Å²) in [5, 5.41) is 2.91. The van der Waals surface area contributed by atoms with E-state index in [0.29, 0.717) is 0 Å². The van der Waals surface area contributed by atoms with Crippen molar-refractivity contribution in [3.05, 3.63) is 35.9 Å². The van der Waals surface area contributed by atoms with Crippen LogP contribution in [0.25, 0.3) is 0 Å². The van der Waals surface area contributed by atoms with E-state index in [1.807, 2.05) is 6.92 Å². The zero-order valence-electron chi connectivity index (χ0n) is 10.5. The number of hydrogen-bond donors (Lipinski definition) is 1. The average Bonchev–Trinajstić information content (AvgIpc) is 2.35. The first-order chi connectivity index (χ1) is 8.06. The van der Waals surface area contributed by atoms with Crippen LogP contribution in [0.3, 0.4) is 0 Å². The van der Waals surface area contributed by atoms with Crippen molar-refractivity contribution in [1.82, 2.24) is 5.32 Å². The van der Waals surface area contributed by atoms with Crippen LogP contribution in [0, 0.1) is 0 Å². The molecule has 0 spiro atoms. The Hall–Kier alpha value is -0.960. The van der Waals surface area contributed by atoms with Crippen molar-refractivity contribution in [2.24, 2.45) is 0 Å². The van der Waals surface area contributed by atoms with E-state index in [1.165, 1.54) is 12.1 Å². The molecule has 96 valence electrons. The third kappa shape index (κ3) is 4.82. The predicted octanol–water partition coefficient (Wildman–Crippen LogP) is 3.95. The Morgan fingerprint density at radius 2 is 1.88 bits per heavy atom. The summed E-state index contributed by atoms with van der Waals surface area (Å²) in [4.78, 5) is 0. The lowest BCUT2D eigenvalue weighted by molar-refractivity contribution is -0.00552. The summed E-state index contributed by atoms with van der Waals surface area (Å²) in [7, 11) is 0. The summed E-state index contributed by atoms with van der Waals surface area (Å²) >= 11 is 0. The van der Waals surface area contributed by atoms with Crippen molar-refractivity contribution >= 4 is 0 Å². The average molecular weight is 241 g/mol. The number of nitrogens with one attached hydrogen (secondary N) is 1. The minimum atomic E-state index is -2.79. The molecule has 0 radical (unpaired) electrons. The summed E-state index contributed by atoms with van der Waals surface area (Å²) in [5.41, 5.74) is 0.0789. The van der Waals surface area contributed by atoms with Gasteiger partial charge in [0.1, 0.15) is 0 Å². The molecule has 17 heavy (non-hydrogen) atoms. The molecule has 1 aromatic rings. The van der Waals surface area contributed by atoms with E-state index in [4.69, 9.17) is 0 Å². The molecule has 1 aromatic carbocycles. The third-order valence-corrected chi connectivity index (χ3v) is 2.86. The monoisotopic (exact) mass is 241 g/mol. The van der Waals surface area contributed by atoms with Crippen LogP contribution in [0.1, 0.15) is 38.7 Å². The van der Waals surface area contributed by atoms with Gasteiger partial charge in [0.05, 0.1) is 6.54 Å². The molecule has 3 heteroatoms. The Morgan fingerprint density at radius 1 is 1.24 bits per heavy atom. The molecule has 0 aliphatic heterocycles. The van der Waals surface area contributed by atoms with Gasteiger partial charge in [0, 0.05) is 11.6 Å². The fourth-order valence-corrected chi connectivity index (χ4v) is 1.70. The van der Waals surface area contributed by atoms with Crippen molar-refractivity contribution in [1.29, 1.82) is 0 Å². The van der Waals surface area contributed by atoms with Gasteiger partial charge in [-0.15, -0.1) is 0 Å². The second-order valence-corrected chi connectivity index (χ2v) is 4.49. The van der Waals surface area contributed by atoms with Gasteiger partial charge in [-0.3, -0.25) is 0 Å². The first-order valence-corrected chi connectivity index (χ1v) is 6.23. The molecule has 1 N–H and O–H groups in total. The number of rotatable bonds is 7. The highest BCUT2D eigenvalue weighted by atomic mass is 19.3. The van der Waals surface area contributed by atoms with Crippen LogP contribution in [-0.4, -0.2) is 12.6 Å². The second kappa shape index (κ2) is 6.70. The van der Waals surface area contributed by atoms with E-state index in [-0.39, 0.29) is 18.2 Å². The lowest BCUT2D eigenvalue weighted by Crippen LogP contribution is -2.36. The largest absolute Gasteiger partial charge is 0.308 e. The fourth-order valence-electron chi connectivity index (χ4n) is 1.70. The van der Waals surface area contributed by atoms with Crippen LogP contribution in [0.15, 0.2) is 30.3 Å². The second-order valence-electron chi connectivity index (χ2n) is 4.49. The molecule has 1 atom stereocenters. The Labute approximate surface area is 102 Å². The standard InChI is InChI=1S/C14H21F2N/c1-3-4-8-12(2)17-11-14(15,16)13-9-6-5-7-10-13/h5-7,9-10,12,17H,3-4,8,11H2,1-2H3. The summed E-state index contributed by atoms with van der Waals surface area (Å²) < 4.78 is 27.6. The molecular formula is C14H21F2N. The molecular weight excluding hydrogens is 220 g/mol. The molecule has 0 saturated heterocycles. The lowest BCUT2D eigenvalue weighted by atomic mass is 10.1. The van der Waals surface area contributed by atoms with Gasteiger partial charge in [-0.1, -0.05) is 50.1 Å². The first-order valence-electron chi connectivity index (χ1n) is 6.23. The van der Waals surface area contributed by atoms with Crippen LogP contribution in [0.2, 0.25) is 0 Å². The van der Waals surface area contributed by atoms with Crippen molar-refractivity contribution < 1.29 is 8.78 Å². The van der Waals surface area contributed by atoms with Gasteiger partial charge in [0.25, 0.3) is 5.92 Å². The lowest BCUT2D eigenvalue weighted by Gasteiger charge is -2.20. The molecule has 0 aliphatic carbocycles. The van der Waals surface area contributed by atoms with Crippen LogP contribution >= 0.6 is 0 Å². The summed E-state index contributed by atoms with van der Waals surface area (Å²) in [6.07, 6.45) is 3.12. The van der Waals surface area contributed by atoms with Crippen LogP contribution < -0.4 is 5.32 Å². The highest BCUT2D eigenvalue weighted by Crippen LogP contribution is 2.26. The molecule has 0 heterocycles. The van der Waals surface area contributed by atoms with Crippen molar-refractivity contribution in [3.63, 3.8) is 0 Å². The van der Waals surface area contributed by atoms with Crippen LogP contribution in [0.5, 0.6) is 0 Å².